The molecule has 17 heavy (non-hydrogen) atoms. The van der Waals surface area contributed by atoms with Crippen LogP contribution in [0.3, 0.4) is 0 Å². The fourth-order valence-electron chi connectivity index (χ4n) is 2.45. The molecule has 1 unspecified atom stereocenters. The van der Waals surface area contributed by atoms with E-state index in [9.17, 15) is 0 Å². The molecule has 4 nitrogen and oxygen atoms in total. The molecule has 5 heteroatoms. The quantitative estimate of drug-likeness (QED) is 0.842. The number of thiazole rings is 1. The van der Waals surface area contributed by atoms with Crippen LogP contribution in [0, 0.1) is 5.41 Å². The van der Waals surface area contributed by atoms with Crippen LogP contribution >= 0.6 is 11.3 Å². The van der Waals surface area contributed by atoms with Crippen molar-refractivity contribution in [2.45, 2.75) is 32.7 Å². The molecule has 0 aliphatic carbocycles. The van der Waals surface area contributed by atoms with Crippen LogP contribution in [0.25, 0.3) is 10.5 Å². The lowest BCUT2D eigenvalue weighted by Crippen LogP contribution is -2.39. The molecule has 1 fully saturated rings. The van der Waals surface area contributed by atoms with Crippen LogP contribution in [0.2, 0.25) is 0 Å². The molecule has 0 spiro atoms. The Balaban J connectivity index is 2.02. The van der Waals surface area contributed by atoms with E-state index in [0.717, 1.165) is 22.0 Å². The topological polar surface area (TPSA) is 50.7 Å². The van der Waals surface area contributed by atoms with Gasteiger partial charge in [-0.3, -0.25) is 0 Å². The van der Waals surface area contributed by atoms with Crippen molar-refractivity contribution >= 4 is 21.8 Å². The van der Waals surface area contributed by atoms with Crippen LogP contribution in [0.4, 0.5) is 0 Å². The first-order chi connectivity index (χ1) is 8.17. The van der Waals surface area contributed by atoms with Crippen molar-refractivity contribution in [1.82, 2.24) is 20.3 Å². The normalized spacial score (nSPS) is 24.0. The molecule has 1 aliphatic rings. The molecule has 0 saturated carbocycles. The molecule has 1 atom stereocenters. The third-order valence-electron chi connectivity index (χ3n) is 3.44. The van der Waals surface area contributed by atoms with E-state index in [4.69, 9.17) is 0 Å². The van der Waals surface area contributed by atoms with Gasteiger partial charge in [0.15, 0.2) is 10.5 Å². The monoisotopic (exact) mass is 248 g/mol. The van der Waals surface area contributed by atoms with Crippen molar-refractivity contribution in [2.75, 3.05) is 6.54 Å². The Bertz CT molecular complexity index is 501. The van der Waals surface area contributed by atoms with E-state index in [2.05, 4.69) is 34.1 Å². The maximum Gasteiger partial charge on any atom is 0.189 e. The van der Waals surface area contributed by atoms with Crippen molar-refractivity contribution in [3.8, 4) is 0 Å². The van der Waals surface area contributed by atoms with Gasteiger partial charge in [0.1, 0.15) is 5.01 Å². The van der Waals surface area contributed by atoms with Crippen molar-refractivity contribution in [2.24, 2.45) is 5.41 Å². The molecular weight excluding hydrogens is 232 g/mol. The molecule has 0 aromatic carbocycles. The van der Waals surface area contributed by atoms with Crippen LogP contribution < -0.4 is 5.32 Å². The zero-order valence-corrected chi connectivity index (χ0v) is 10.9. The zero-order chi connectivity index (χ0) is 11.9. The largest absolute Gasteiger partial charge is 0.307 e. The van der Waals surface area contributed by atoms with Crippen LogP contribution in [-0.2, 0) is 0 Å². The lowest BCUT2D eigenvalue weighted by atomic mass is 9.78. The van der Waals surface area contributed by atoms with Crippen molar-refractivity contribution in [1.29, 1.82) is 0 Å². The predicted molar refractivity (Wildman–Crippen MR) is 69.0 cm³/mol. The van der Waals surface area contributed by atoms with Gasteiger partial charge < -0.3 is 5.32 Å². The van der Waals surface area contributed by atoms with Crippen LogP contribution in [-0.4, -0.2) is 21.5 Å². The van der Waals surface area contributed by atoms with Crippen molar-refractivity contribution in [3.05, 3.63) is 17.4 Å². The van der Waals surface area contributed by atoms with Crippen LogP contribution in [0.5, 0.6) is 0 Å². The summed E-state index contributed by atoms with van der Waals surface area (Å²) in [5.41, 5.74) is 1.03. The Morgan fingerprint density at radius 3 is 2.94 bits per heavy atom. The van der Waals surface area contributed by atoms with Gasteiger partial charge in [-0.25, -0.2) is 15.0 Å². The molecule has 90 valence electrons. The average molecular weight is 248 g/mol. The Kier molecular flexibility index (Phi) is 2.60. The Labute approximate surface area is 105 Å². The number of aromatic nitrogens is 3. The molecule has 1 saturated heterocycles. The fourth-order valence-corrected chi connectivity index (χ4v) is 3.60. The first-order valence-electron chi connectivity index (χ1n) is 5.98. The van der Waals surface area contributed by atoms with Gasteiger partial charge in [-0.05, 0) is 24.8 Å². The molecule has 0 radical (unpaired) electrons. The van der Waals surface area contributed by atoms with Crippen LogP contribution in [0.1, 0.15) is 37.7 Å². The Morgan fingerprint density at radius 2 is 2.18 bits per heavy atom. The van der Waals surface area contributed by atoms with E-state index in [1.165, 1.54) is 12.8 Å². The van der Waals surface area contributed by atoms with E-state index < -0.39 is 0 Å². The number of rotatable bonds is 1. The van der Waals surface area contributed by atoms with Crippen molar-refractivity contribution < 1.29 is 0 Å². The molecule has 3 rings (SSSR count). The van der Waals surface area contributed by atoms with Crippen LogP contribution in [0.15, 0.2) is 12.4 Å². The Hall–Kier alpha value is -1.07. The highest BCUT2D eigenvalue weighted by molar-refractivity contribution is 7.18. The van der Waals surface area contributed by atoms with Crippen molar-refractivity contribution in [3.63, 3.8) is 0 Å². The van der Waals surface area contributed by atoms with Gasteiger partial charge in [-0.2, -0.15) is 0 Å². The third-order valence-corrected chi connectivity index (χ3v) is 4.46. The third kappa shape index (κ3) is 1.93. The van der Waals surface area contributed by atoms with Gasteiger partial charge >= 0.3 is 0 Å². The average Bonchev–Trinajstić information content (AvgIpc) is 2.71. The summed E-state index contributed by atoms with van der Waals surface area (Å²) in [6.07, 6.45) is 5.90. The summed E-state index contributed by atoms with van der Waals surface area (Å²) in [7, 11) is 0. The number of hydrogen-bond acceptors (Lipinski definition) is 5. The summed E-state index contributed by atoms with van der Waals surface area (Å²) < 4.78 is 0. The molecule has 1 N–H and O–H groups in total. The van der Waals surface area contributed by atoms with Gasteiger partial charge in [0.05, 0.1) is 6.04 Å². The number of hydrogen-bond donors (Lipinski definition) is 1. The summed E-state index contributed by atoms with van der Waals surface area (Å²) in [4.78, 5) is 14.1. The Morgan fingerprint density at radius 1 is 1.35 bits per heavy atom. The van der Waals surface area contributed by atoms with E-state index >= 15 is 0 Å². The minimum Gasteiger partial charge on any atom is -0.307 e. The lowest BCUT2D eigenvalue weighted by molar-refractivity contribution is 0.181. The maximum absolute atomic E-state index is 4.61. The van der Waals surface area contributed by atoms with E-state index in [1.807, 2.05) is 0 Å². The van der Waals surface area contributed by atoms with E-state index in [0.29, 0.717) is 6.04 Å². The minimum atomic E-state index is 0.256. The first kappa shape index (κ1) is 11.0. The molecule has 1 aliphatic heterocycles. The summed E-state index contributed by atoms with van der Waals surface area (Å²) in [6.45, 7) is 5.68. The first-order valence-corrected chi connectivity index (χ1v) is 6.79. The molecule has 2 aromatic rings. The van der Waals surface area contributed by atoms with Gasteiger partial charge in [0.2, 0.25) is 0 Å². The summed E-state index contributed by atoms with van der Waals surface area (Å²) in [5.74, 6) is 0. The molecule has 0 bridgehead atoms. The minimum absolute atomic E-state index is 0.256. The van der Waals surface area contributed by atoms with Gasteiger partial charge in [0, 0.05) is 12.4 Å². The molecule has 2 aromatic heterocycles. The van der Waals surface area contributed by atoms with Gasteiger partial charge in [-0.1, -0.05) is 25.2 Å². The zero-order valence-electron chi connectivity index (χ0n) is 10.1. The number of nitrogens with one attached hydrogen (secondary N) is 1. The lowest BCUT2D eigenvalue weighted by Gasteiger charge is -2.38. The standard InChI is InChI=1S/C12H16N4S/c1-12(2)4-3-5-13-8(12)10-16-9-11(17-10)15-7-6-14-9/h6-8,13H,3-5H2,1-2H3. The molecule has 0 amide bonds. The predicted octanol–water partition coefficient (Wildman–Crippen LogP) is 2.54. The van der Waals surface area contributed by atoms with E-state index in [-0.39, 0.29) is 5.41 Å². The fraction of sp³-hybridized carbons (Fsp3) is 0.583. The second-order valence-electron chi connectivity index (χ2n) is 5.22. The summed E-state index contributed by atoms with van der Waals surface area (Å²) >= 11 is 1.66. The van der Waals surface area contributed by atoms with Gasteiger partial charge in [0.25, 0.3) is 0 Å². The maximum atomic E-state index is 4.61. The van der Waals surface area contributed by atoms with E-state index in [1.54, 1.807) is 23.7 Å². The van der Waals surface area contributed by atoms with Gasteiger partial charge in [-0.15, -0.1) is 0 Å². The highest BCUT2D eigenvalue weighted by Gasteiger charge is 2.35. The number of nitrogens with zero attached hydrogens (tertiary/aromatic N) is 3. The second-order valence-corrected chi connectivity index (χ2v) is 6.23. The molecular formula is C12H16N4S. The second kappa shape index (κ2) is 3.99. The number of fused-ring (bicyclic) bond motifs is 1. The number of piperidine rings is 1. The molecule has 3 heterocycles. The summed E-state index contributed by atoms with van der Waals surface area (Å²) in [5, 5.41) is 4.70. The highest BCUT2D eigenvalue weighted by Crippen LogP contribution is 2.41. The SMILES string of the molecule is CC1(C)CCCNC1c1nc2nccnc2s1. The highest BCUT2D eigenvalue weighted by atomic mass is 32.1. The smallest absolute Gasteiger partial charge is 0.189 e. The summed E-state index contributed by atoms with van der Waals surface area (Å²) in [6, 6.07) is 0.331.